The fraction of sp³-hybridized carbons (Fsp3) is 0.0909. The molecule has 0 spiro atoms. The molecule has 1 heterocycles. The Morgan fingerprint density at radius 1 is 1.03 bits per heavy atom. The molecular formula is C22H17ClF3NO4. The van der Waals surface area contributed by atoms with Gasteiger partial charge in [-0.25, -0.2) is 4.79 Å². The number of halogens is 4. The zero-order chi connectivity index (χ0) is 21.6. The van der Waals surface area contributed by atoms with Gasteiger partial charge < -0.3 is 14.6 Å². The van der Waals surface area contributed by atoms with Crippen LogP contribution >= 0.6 is 12.4 Å². The van der Waals surface area contributed by atoms with Gasteiger partial charge in [-0.05, 0) is 48.0 Å². The molecule has 0 saturated carbocycles. The zero-order valence-corrected chi connectivity index (χ0v) is 16.7. The summed E-state index contributed by atoms with van der Waals surface area (Å²) in [6, 6.07) is 15.1. The lowest BCUT2D eigenvalue weighted by atomic mass is 10.2. The highest BCUT2D eigenvalue weighted by Crippen LogP contribution is 2.31. The van der Waals surface area contributed by atoms with Gasteiger partial charge in [0.15, 0.2) is 11.5 Å². The molecule has 0 fully saturated rings. The molecule has 5 nitrogen and oxygen atoms in total. The monoisotopic (exact) mass is 451 g/mol. The molecule has 0 bridgehead atoms. The fourth-order valence-corrected chi connectivity index (χ4v) is 2.47. The molecule has 2 aromatic carbocycles. The number of hydrogen-bond donors (Lipinski definition) is 1. The second-order valence-corrected chi connectivity index (χ2v) is 6.07. The van der Waals surface area contributed by atoms with Crippen molar-refractivity contribution in [2.75, 3.05) is 6.61 Å². The Morgan fingerprint density at radius 3 is 2.42 bits per heavy atom. The van der Waals surface area contributed by atoms with Gasteiger partial charge in [-0.2, -0.15) is 13.2 Å². The van der Waals surface area contributed by atoms with E-state index in [0.717, 1.165) is 12.3 Å². The predicted molar refractivity (Wildman–Crippen MR) is 111 cm³/mol. The Morgan fingerprint density at radius 2 is 1.77 bits per heavy atom. The number of carbonyl (C=O) groups is 1. The summed E-state index contributed by atoms with van der Waals surface area (Å²) in [5.74, 6) is 0.100. The van der Waals surface area contributed by atoms with Gasteiger partial charge in [-0.3, -0.25) is 4.98 Å². The molecule has 3 aromatic rings. The Labute approximate surface area is 182 Å². The molecule has 0 atom stereocenters. The lowest BCUT2D eigenvalue weighted by Crippen LogP contribution is -2.07. The molecular weight excluding hydrogens is 435 g/mol. The average molecular weight is 452 g/mol. The van der Waals surface area contributed by atoms with Crippen LogP contribution in [-0.4, -0.2) is 22.7 Å². The number of aromatic carboxylic acids is 1. The SMILES string of the molecule is Cl.O=C(O)c1cccc(Oc2ccccc2OC/C=C/c2ccc(C(F)(F)F)nc2)c1. The van der Waals surface area contributed by atoms with E-state index in [4.69, 9.17) is 14.6 Å². The molecule has 3 rings (SSSR count). The van der Waals surface area contributed by atoms with Crippen LogP contribution in [0.15, 0.2) is 72.9 Å². The maximum Gasteiger partial charge on any atom is 0.433 e. The molecule has 0 aliphatic carbocycles. The van der Waals surface area contributed by atoms with Crippen LogP contribution in [0.25, 0.3) is 6.08 Å². The lowest BCUT2D eigenvalue weighted by molar-refractivity contribution is -0.141. The first-order valence-electron chi connectivity index (χ1n) is 8.76. The van der Waals surface area contributed by atoms with E-state index in [1.807, 2.05) is 0 Å². The van der Waals surface area contributed by atoms with Crippen molar-refractivity contribution in [2.45, 2.75) is 6.18 Å². The number of para-hydroxylation sites is 2. The smallest absolute Gasteiger partial charge is 0.433 e. The highest BCUT2D eigenvalue weighted by atomic mass is 35.5. The minimum absolute atomic E-state index is 0. The molecule has 0 aliphatic rings. The normalized spacial score (nSPS) is 11.1. The van der Waals surface area contributed by atoms with Gasteiger partial charge in [0.1, 0.15) is 18.1 Å². The minimum Gasteiger partial charge on any atom is -0.486 e. The summed E-state index contributed by atoms with van der Waals surface area (Å²) in [7, 11) is 0. The van der Waals surface area contributed by atoms with Crippen molar-refractivity contribution >= 4 is 24.5 Å². The van der Waals surface area contributed by atoms with Crippen molar-refractivity contribution in [1.29, 1.82) is 0 Å². The Bertz CT molecular complexity index is 1050. The van der Waals surface area contributed by atoms with Crippen LogP contribution in [0.4, 0.5) is 13.2 Å². The van der Waals surface area contributed by atoms with Crippen LogP contribution in [0.5, 0.6) is 17.2 Å². The van der Waals surface area contributed by atoms with Gasteiger partial charge in [0, 0.05) is 6.20 Å². The first kappa shape index (κ1) is 23.8. The number of carboxylic acid groups (broad SMARTS) is 1. The first-order valence-corrected chi connectivity index (χ1v) is 8.76. The fourth-order valence-electron chi connectivity index (χ4n) is 2.47. The van der Waals surface area contributed by atoms with Gasteiger partial charge >= 0.3 is 12.1 Å². The highest BCUT2D eigenvalue weighted by Gasteiger charge is 2.31. The van der Waals surface area contributed by atoms with Crippen LogP contribution in [0.2, 0.25) is 0 Å². The number of pyridine rings is 1. The van der Waals surface area contributed by atoms with E-state index in [2.05, 4.69) is 4.98 Å². The number of hydrogen-bond acceptors (Lipinski definition) is 4. The highest BCUT2D eigenvalue weighted by molar-refractivity contribution is 5.88. The molecule has 162 valence electrons. The van der Waals surface area contributed by atoms with Gasteiger partial charge in [0.25, 0.3) is 0 Å². The van der Waals surface area contributed by atoms with Crippen molar-refractivity contribution in [3.05, 3.63) is 89.8 Å². The Balaban J connectivity index is 0.00000341. The number of aromatic nitrogens is 1. The summed E-state index contributed by atoms with van der Waals surface area (Å²) < 4.78 is 49.0. The number of alkyl halides is 3. The third-order valence-corrected chi connectivity index (χ3v) is 3.88. The van der Waals surface area contributed by atoms with Crippen LogP contribution in [0, 0.1) is 0 Å². The Hall–Kier alpha value is -3.52. The minimum atomic E-state index is -4.47. The molecule has 0 saturated heterocycles. The van der Waals surface area contributed by atoms with E-state index in [-0.39, 0.29) is 24.6 Å². The van der Waals surface area contributed by atoms with E-state index in [9.17, 15) is 18.0 Å². The van der Waals surface area contributed by atoms with Crippen LogP contribution < -0.4 is 9.47 Å². The van der Waals surface area contributed by atoms with Gasteiger partial charge in [-0.1, -0.05) is 30.3 Å². The predicted octanol–water partition coefficient (Wildman–Crippen LogP) is 6.10. The largest absolute Gasteiger partial charge is 0.486 e. The maximum absolute atomic E-state index is 12.5. The molecule has 9 heteroatoms. The third kappa shape index (κ3) is 6.75. The van der Waals surface area contributed by atoms with Crippen molar-refractivity contribution in [2.24, 2.45) is 0 Å². The number of nitrogens with zero attached hydrogens (tertiary/aromatic N) is 1. The molecule has 0 unspecified atom stereocenters. The van der Waals surface area contributed by atoms with Crippen LogP contribution in [0.3, 0.4) is 0 Å². The van der Waals surface area contributed by atoms with Crippen LogP contribution in [0.1, 0.15) is 21.6 Å². The third-order valence-electron chi connectivity index (χ3n) is 3.88. The maximum atomic E-state index is 12.5. The second kappa shape index (κ2) is 10.5. The molecule has 0 aliphatic heterocycles. The lowest BCUT2D eigenvalue weighted by Gasteiger charge is -2.11. The summed E-state index contributed by atoms with van der Waals surface area (Å²) in [6.45, 7) is 0.135. The van der Waals surface area contributed by atoms with Gasteiger partial charge in [0.05, 0.1) is 5.56 Å². The van der Waals surface area contributed by atoms with Crippen molar-refractivity contribution < 1.29 is 32.5 Å². The Kier molecular flexibility index (Phi) is 8.04. The van der Waals surface area contributed by atoms with Gasteiger partial charge in [-0.15, -0.1) is 12.4 Å². The van der Waals surface area contributed by atoms with E-state index < -0.39 is 17.8 Å². The summed E-state index contributed by atoms with van der Waals surface area (Å²) in [4.78, 5) is 14.5. The van der Waals surface area contributed by atoms with E-state index in [0.29, 0.717) is 22.8 Å². The average Bonchev–Trinajstić information content (AvgIpc) is 2.72. The van der Waals surface area contributed by atoms with Crippen LogP contribution in [-0.2, 0) is 6.18 Å². The number of rotatable bonds is 7. The van der Waals surface area contributed by atoms with Gasteiger partial charge in [0.2, 0.25) is 0 Å². The molecule has 0 amide bonds. The van der Waals surface area contributed by atoms with E-state index >= 15 is 0 Å². The van der Waals surface area contributed by atoms with E-state index in [1.54, 1.807) is 48.6 Å². The molecule has 1 N–H and O–H groups in total. The summed E-state index contributed by atoms with van der Waals surface area (Å²) >= 11 is 0. The summed E-state index contributed by atoms with van der Waals surface area (Å²) in [5.41, 5.74) is -0.352. The molecule has 31 heavy (non-hydrogen) atoms. The number of carboxylic acids is 1. The number of benzene rings is 2. The quantitative estimate of drug-likeness (QED) is 0.469. The topological polar surface area (TPSA) is 68.7 Å². The summed E-state index contributed by atoms with van der Waals surface area (Å²) in [5, 5.41) is 9.07. The summed E-state index contributed by atoms with van der Waals surface area (Å²) in [6.07, 6.45) is -0.121. The molecule has 0 radical (unpaired) electrons. The van der Waals surface area contributed by atoms with E-state index in [1.165, 1.54) is 18.2 Å². The standard InChI is InChI=1S/C22H16F3NO4.ClH/c23-22(24,25)20-11-10-15(14-26-20)5-4-12-29-18-8-1-2-9-19(18)30-17-7-3-6-16(13-17)21(27)28;/h1-11,13-14H,12H2,(H,27,28);1H/b5-4+;. The molecule has 1 aromatic heterocycles. The number of ether oxygens (including phenoxy) is 2. The second-order valence-electron chi connectivity index (χ2n) is 6.07. The van der Waals surface area contributed by atoms with Crippen molar-refractivity contribution in [3.63, 3.8) is 0 Å². The van der Waals surface area contributed by atoms with Crippen molar-refractivity contribution in [3.8, 4) is 17.2 Å². The zero-order valence-electron chi connectivity index (χ0n) is 15.9. The van der Waals surface area contributed by atoms with Crippen molar-refractivity contribution in [1.82, 2.24) is 4.98 Å². The first-order chi connectivity index (χ1) is 14.3.